The van der Waals surface area contributed by atoms with Gasteiger partial charge in [0.25, 0.3) is 0 Å². The highest BCUT2D eigenvalue weighted by atomic mass is 79.9. The molecular weight excluding hydrogens is 380 g/mol. The third-order valence-corrected chi connectivity index (χ3v) is 4.65. The molecule has 128 valence electrons. The summed E-state index contributed by atoms with van der Waals surface area (Å²) >= 11 is 3.45. The lowest BCUT2D eigenvalue weighted by Gasteiger charge is -2.07. The number of rotatable bonds is 6. The Labute approximate surface area is 155 Å². The Balaban J connectivity index is 1.53. The minimum absolute atomic E-state index is 0.0811. The fraction of sp³-hybridized carbons (Fsp3) is 0.200. The summed E-state index contributed by atoms with van der Waals surface area (Å²) in [5, 5.41) is 5.76. The van der Waals surface area contributed by atoms with Crippen LogP contribution in [0.4, 0.5) is 5.69 Å². The van der Waals surface area contributed by atoms with Crippen LogP contribution in [0.15, 0.2) is 59.1 Å². The minimum Gasteiger partial charge on any atom is -0.348 e. The number of halogens is 1. The Morgan fingerprint density at radius 1 is 1.12 bits per heavy atom. The van der Waals surface area contributed by atoms with E-state index < -0.39 is 0 Å². The Morgan fingerprint density at radius 2 is 1.92 bits per heavy atom. The molecule has 0 spiro atoms. The van der Waals surface area contributed by atoms with Crippen LogP contribution in [-0.2, 0) is 16.1 Å². The summed E-state index contributed by atoms with van der Waals surface area (Å²) < 4.78 is 0.943. The molecule has 0 aromatic heterocycles. The molecule has 0 atom stereocenters. The molecule has 5 heteroatoms. The van der Waals surface area contributed by atoms with Gasteiger partial charge >= 0.3 is 0 Å². The van der Waals surface area contributed by atoms with Crippen LogP contribution < -0.4 is 10.6 Å². The zero-order valence-corrected chi connectivity index (χ0v) is 15.3. The fourth-order valence-corrected chi connectivity index (χ4v) is 2.79. The molecule has 1 saturated carbocycles. The molecule has 2 aromatic rings. The number of hydrogen-bond acceptors (Lipinski definition) is 2. The van der Waals surface area contributed by atoms with Gasteiger partial charge in [-0.25, -0.2) is 0 Å². The van der Waals surface area contributed by atoms with Crippen LogP contribution in [0.2, 0.25) is 0 Å². The van der Waals surface area contributed by atoms with Crippen molar-refractivity contribution in [2.45, 2.75) is 19.4 Å². The molecule has 0 unspecified atom stereocenters. The number of amides is 2. The summed E-state index contributed by atoms with van der Waals surface area (Å²) in [7, 11) is 0. The van der Waals surface area contributed by atoms with Crippen molar-refractivity contribution in [3.05, 3.63) is 70.2 Å². The largest absolute Gasteiger partial charge is 0.348 e. The quantitative estimate of drug-likeness (QED) is 0.718. The first-order valence-corrected chi connectivity index (χ1v) is 9.01. The van der Waals surface area contributed by atoms with Gasteiger partial charge < -0.3 is 10.6 Å². The van der Waals surface area contributed by atoms with Gasteiger partial charge in [0.1, 0.15) is 0 Å². The standard InChI is InChI=1S/C20H19BrN2O2/c21-18-7-2-1-5-15(18)10-11-19(24)22-13-14-4-3-6-17(12-14)23-20(25)16-8-9-16/h1-7,10-12,16H,8-9,13H2,(H,22,24)(H,23,25)/b11-10+. The van der Waals surface area contributed by atoms with E-state index in [0.29, 0.717) is 6.54 Å². The van der Waals surface area contributed by atoms with Gasteiger partial charge in [-0.1, -0.05) is 46.3 Å². The van der Waals surface area contributed by atoms with E-state index in [0.717, 1.165) is 34.1 Å². The normalized spacial score (nSPS) is 13.6. The molecule has 0 saturated heterocycles. The van der Waals surface area contributed by atoms with Crippen LogP contribution in [-0.4, -0.2) is 11.8 Å². The van der Waals surface area contributed by atoms with Crippen LogP contribution in [0.25, 0.3) is 6.08 Å². The van der Waals surface area contributed by atoms with Gasteiger partial charge in [-0.05, 0) is 48.2 Å². The Kier molecular flexibility index (Phi) is 5.66. The summed E-state index contributed by atoms with van der Waals surface area (Å²) in [5.41, 5.74) is 2.66. The summed E-state index contributed by atoms with van der Waals surface area (Å²) in [4.78, 5) is 23.8. The highest BCUT2D eigenvalue weighted by Crippen LogP contribution is 2.30. The first-order valence-electron chi connectivity index (χ1n) is 8.22. The Hall–Kier alpha value is -2.40. The van der Waals surface area contributed by atoms with Gasteiger partial charge in [-0.15, -0.1) is 0 Å². The van der Waals surface area contributed by atoms with Crippen molar-refractivity contribution in [3.8, 4) is 0 Å². The average molecular weight is 399 g/mol. The number of anilines is 1. The number of carbonyl (C=O) groups excluding carboxylic acids is 2. The SMILES string of the molecule is O=C(/C=C/c1ccccc1Br)NCc1cccc(NC(=O)C2CC2)c1. The Morgan fingerprint density at radius 3 is 2.68 bits per heavy atom. The van der Waals surface area contributed by atoms with Gasteiger partial charge in [-0.3, -0.25) is 9.59 Å². The summed E-state index contributed by atoms with van der Waals surface area (Å²) in [6.07, 6.45) is 5.24. The monoisotopic (exact) mass is 398 g/mol. The molecule has 25 heavy (non-hydrogen) atoms. The number of hydrogen-bond donors (Lipinski definition) is 2. The van der Waals surface area contributed by atoms with Crippen LogP contribution in [0.3, 0.4) is 0 Å². The lowest BCUT2D eigenvalue weighted by atomic mass is 10.2. The smallest absolute Gasteiger partial charge is 0.244 e. The molecule has 0 aliphatic heterocycles. The van der Waals surface area contributed by atoms with E-state index in [-0.39, 0.29) is 17.7 Å². The van der Waals surface area contributed by atoms with Gasteiger partial charge in [0, 0.05) is 28.7 Å². The summed E-state index contributed by atoms with van der Waals surface area (Å²) in [5.74, 6) is 0.0894. The van der Waals surface area contributed by atoms with E-state index in [1.807, 2.05) is 48.5 Å². The number of benzene rings is 2. The molecule has 0 bridgehead atoms. The van der Waals surface area contributed by atoms with E-state index in [9.17, 15) is 9.59 Å². The molecule has 3 rings (SSSR count). The van der Waals surface area contributed by atoms with Crippen molar-refractivity contribution in [3.63, 3.8) is 0 Å². The third-order valence-electron chi connectivity index (χ3n) is 3.93. The van der Waals surface area contributed by atoms with E-state index in [1.165, 1.54) is 6.08 Å². The maximum Gasteiger partial charge on any atom is 0.244 e. The molecule has 2 N–H and O–H groups in total. The number of carbonyl (C=O) groups is 2. The molecule has 0 radical (unpaired) electrons. The second-order valence-corrected chi connectivity index (χ2v) is 6.89. The maximum atomic E-state index is 12.0. The molecule has 2 aromatic carbocycles. The van der Waals surface area contributed by atoms with E-state index in [4.69, 9.17) is 0 Å². The van der Waals surface area contributed by atoms with Gasteiger partial charge in [0.2, 0.25) is 11.8 Å². The second-order valence-electron chi connectivity index (χ2n) is 6.04. The lowest BCUT2D eigenvalue weighted by molar-refractivity contribution is -0.117. The molecule has 1 fully saturated rings. The summed E-state index contributed by atoms with van der Waals surface area (Å²) in [6, 6.07) is 15.3. The molecule has 1 aliphatic rings. The first kappa shape index (κ1) is 17.4. The lowest BCUT2D eigenvalue weighted by Crippen LogP contribution is -2.20. The van der Waals surface area contributed by atoms with Crippen molar-refractivity contribution in [2.24, 2.45) is 5.92 Å². The topological polar surface area (TPSA) is 58.2 Å². The highest BCUT2D eigenvalue weighted by Gasteiger charge is 2.29. The van der Waals surface area contributed by atoms with Crippen molar-refractivity contribution in [1.29, 1.82) is 0 Å². The van der Waals surface area contributed by atoms with E-state index in [2.05, 4.69) is 26.6 Å². The average Bonchev–Trinajstić information content (AvgIpc) is 3.45. The highest BCUT2D eigenvalue weighted by molar-refractivity contribution is 9.10. The van der Waals surface area contributed by atoms with E-state index >= 15 is 0 Å². The van der Waals surface area contributed by atoms with Gasteiger partial charge in [0.15, 0.2) is 0 Å². The van der Waals surface area contributed by atoms with Crippen LogP contribution >= 0.6 is 15.9 Å². The van der Waals surface area contributed by atoms with Crippen molar-refractivity contribution in [1.82, 2.24) is 5.32 Å². The minimum atomic E-state index is -0.164. The number of nitrogens with one attached hydrogen (secondary N) is 2. The fourth-order valence-electron chi connectivity index (χ4n) is 2.37. The van der Waals surface area contributed by atoms with Crippen LogP contribution in [0.5, 0.6) is 0 Å². The predicted molar refractivity (Wildman–Crippen MR) is 103 cm³/mol. The van der Waals surface area contributed by atoms with Crippen molar-refractivity contribution in [2.75, 3.05) is 5.32 Å². The molecule has 2 amide bonds. The van der Waals surface area contributed by atoms with Crippen molar-refractivity contribution < 1.29 is 9.59 Å². The second kappa shape index (κ2) is 8.12. The van der Waals surface area contributed by atoms with Gasteiger partial charge in [-0.2, -0.15) is 0 Å². The van der Waals surface area contributed by atoms with Gasteiger partial charge in [0.05, 0.1) is 0 Å². The molecular formula is C20H19BrN2O2. The molecule has 0 heterocycles. The van der Waals surface area contributed by atoms with Crippen LogP contribution in [0.1, 0.15) is 24.0 Å². The Bertz CT molecular complexity index is 813. The van der Waals surface area contributed by atoms with E-state index in [1.54, 1.807) is 6.08 Å². The molecule has 4 nitrogen and oxygen atoms in total. The molecule has 1 aliphatic carbocycles. The predicted octanol–water partition coefficient (Wildman–Crippen LogP) is 4.13. The van der Waals surface area contributed by atoms with Crippen molar-refractivity contribution >= 4 is 39.5 Å². The van der Waals surface area contributed by atoms with Crippen LogP contribution in [0, 0.1) is 5.92 Å². The maximum absolute atomic E-state index is 12.0. The third kappa shape index (κ3) is 5.29. The first-order chi connectivity index (χ1) is 12.1. The zero-order valence-electron chi connectivity index (χ0n) is 13.7. The zero-order chi connectivity index (χ0) is 17.6. The summed E-state index contributed by atoms with van der Waals surface area (Å²) in [6.45, 7) is 0.409.